The highest BCUT2D eigenvalue weighted by molar-refractivity contribution is 5.95. The molecule has 1 amide bonds. The fraction of sp³-hybridized carbons (Fsp3) is 0.500. The maximum Gasteiger partial charge on any atom is 0.310 e. The third-order valence-corrected chi connectivity index (χ3v) is 3.78. The Balaban J connectivity index is 0.00000242. The molecule has 7 nitrogen and oxygen atoms in total. The van der Waals surface area contributed by atoms with Gasteiger partial charge in [-0.05, 0) is 24.9 Å². The second-order valence-corrected chi connectivity index (χ2v) is 5.19. The summed E-state index contributed by atoms with van der Waals surface area (Å²) in [6.07, 6.45) is 1.01. The van der Waals surface area contributed by atoms with Crippen molar-refractivity contribution in [1.29, 1.82) is 0 Å². The molecule has 1 aliphatic rings. The van der Waals surface area contributed by atoms with Gasteiger partial charge in [-0.3, -0.25) is 14.9 Å². The van der Waals surface area contributed by atoms with Gasteiger partial charge in [-0.25, -0.2) is 0 Å². The van der Waals surface area contributed by atoms with E-state index in [9.17, 15) is 14.9 Å². The van der Waals surface area contributed by atoms with Crippen LogP contribution in [0.4, 0.5) is 5.69 Å². The van der Waals surface area contributed by atoms with Crippen molar-refractivity contribution >= 4 is 24.0 Å². The van der Waals surface area contributed by atoms with Crippen molar-refractivity contribution < 1.29 is 14.5 Å². The van der Waals surface area contributed by atoms with Crippen LogP contribution in [0.5, 0.6) is 5.75 Å². The molecule has 0 bridgehead atoms. The van der Waals surface area contributed by atoms with Crippen LogP contribution in [-0.4, -0.2) is 37.1 Å². The van der Waals surface area contributed by atoms with E-state index in [4.69, 9.17) is 4.74 Å². The van der Waals surface area contributed by atoms with E-state index in [-0.39, 0.29) is 35.8 Å². The van der Waals surface area contributed by atoms with E-state index in [1.165, 1.54) is 25.3 Å². The fourth-order valence-electron chi connectivity index (χ4n) is 2.40. The van der Waals surface area contributed by atoms with Gasteiger partial charge in [0, 0.05) is 30.3 Å². The van der Waals surface area contributed by atoms with Crippen molar-refractivity contribution in [2.45, 2.75) is 19.4 Å². The van der Waals surface area contributed by atoms with Crippen LogP contribution >= 0.6 is 12.4 Å². The predicted octanol–water partition coefficient (Wildman–Crippen LogP) is 1.75. The van der Waals surface area contributed by atoms with Gasteiger partial charge in [0.25, 0.3) is 5.91 Å². The number of rotatable bonds is 4. The number of carbonyl (C=O) groups is 1. The van der Waals surface area contributed by atoms with Crippen LogP contribution in [0.25, 0.3) is 0 Å². The molecule has 1 saturated heterocycles. The van der Waals surface area contributed by atoms with Crippen LogP contribution < -0.4 is 15.4 Å². The molecule has 2 atom stereocenters. The van der Waals surface area contributed by atoms with Crippen LogP contribution in [0.15, 0.2) is 18.2 Å². The zero-order valence-electron chi connectivity index (χ0n) is 12.5. The van der Waals surface area contributed by atoms with E-state index < -0.39 is 4.92 Å². The van der Waals surface area contributed by atoms with Gasteiger partial charge in [0.05, 0.1) is 12.0 Å². The van der Waals surface area contributed by atoms with E-state index in [0.717, 1.165) is 19.5 Å². The van der Waals surface area contributed by atoms with Gasteiger partial charge >= 0.3 is 5.69 Å². The van der Waals surface area contributed by atoms with E-state index in [1.807, 2.05) is 0 Å². The Morgan fingerprint density at radius 1 is 1.50 bits per heavy atom. The lowest BCUT2D eigenvalue weighted by Crippen LogP contribution is -2.50. The van der Waals surface area contributed by atoms with E-state index in [0.29, 0.717) is 11.5 Å². The van der Waals surface area contributed by atoms with Crippen molar-refractivity contribution in [3.63, 3.8) is 0 Å². The predicted molar refractivity (Wildman–Crippen MR) is 84.8 cm³/mol. The number of benzene rings is 1. The first kappa shape index (κ1) is 18.2. The van der Waals surface area contributed by atoms with Gasteiger partial charge in [-0.15, -0.1) is 12.4 Å². The molecule has 0 aromatic heterocycles. The number of piperidine rings is 1. The smallest absolute Gasteiger partial charge is 0.310 e. The summed E-state index contributed by atoms with van der Waals surface area (Å²) >= 11 is 0. The van der Waals surface area contributed by atoms with Crippen molar-refractivity contribution in [3.8, 4) is 5.75 Å². The van der Waals surface area contributed by atoms with Gasteiger partial charge in [0.15, 0.2) is 5.75 Å². The standard InChI is InChI=1S/C14H19N3O4.ClH/c1-9-5-6-15-8-11(9)16-14(18)10-3-4-12(17(19)20)13(7-10)21-2;/h3-4,7,9,11,15H,5-6,8H2,1-2H3,(H,16,18);1H. The number of methoxy groups -OCH3 is 1. The number of halogens is 1. The summed E-state index contributed by atoms with van der Waals surface area (Å²) in [6, 6.07) is 4.19. The molecule has 0 aliphatic carbocycles. The van der Waals surface area contributed by atoms with Gasteiger partial charge in [0.2, 0.25) is 0 Å². The summed E-state index contributed by atoms with van der Waals surface area (Å²) in [5, 5.41) is 17.0. The SMILES string of the molecule is COc1cc(C(=O)NC2CNCCC2C)ccc1[N+](=O)[O-].Cl. The summed E-state index contributed by atoms with van der Waals surface area (Å²) in [4.78, 5) is 22.5. The lowest BCUT2D eigenvalue weighted by atomic mass is 9.94. The van der Waals surface area contributed by atoms with Gasteiger partial charge in [-0.1, -0.05) is 6.92 Å². The zero-order valence-corrected chi connectivity index (χ0v) is 13.3. The van der Waals surface area contributed by atoms with Crippen LogP contribution in [0.1, 0.15) is 23.7 Å². The van der Waals surface area contributed by atoms with Gasteiger partial charge < -0.3 is 15.4 Å². The number of nitro groups is 1. The zero-order chi connectivity index (χ0) is 15.4. The van der Waals surface area contributed by atoms with Crippen molar-refractivity contribution in [2.75, 3.05) is 20.2 Å². The Hall–Kier alpha value is -1.86. The van der Waals surface area contributed by atoms with Crippen molar-refractivity contribution in [1.82, 2.24) is 10.6 Å². The van der Waals surface area contributed by atoms with Crippen LogP contribution in [0.3, 0.4) is 0 Å². The Labute approximate surface area is 135 Å². The van der Waals surface area contributed by atoms with E-state index in [1.54, 1.807) is 0 Å². The second kappa shape index (κ2) is 7.95. The molecule has 1 aromatic carbocycles. The van der Waals surface area contributed by atoms with Gasteiger partial charge in [0.1, 0.15) is 0 Å². The topological polar surface area (TPSA) is 93.5 Å². The quantitative estimate of drug-likeness (QED) is 0.648. The number of hydrogen-bond donors (Lipinski definition) is 2. The Morgan fingerprint density at radius 3 is 2.82 bits per heavy atom. The largest absolute Gasteiger partial charge is 0.490 e. The molecular weight excluding hydrogens is 310 g/mol. The third-order valence-electron chi connectivity index (χ3n) is 3.78. The maximum absolute atomic E-state index is 12.2. The molecule has 1 fully saturated rings. The highest BCUT2D eigenvalue weighted by atomic mass is 35.5. The summed E-state index contributed by atoms with van der Waals surface area (Å²) in [6.45, 7) is 3.79. The third kappa shape index (κ3) is 4.08. The van der Waals surface area contributed by atoms with Crippen molar-refractivity contribution in [2.24, 2.45) is 5.92 Å². The normalized spacial score (nSPS) is 20.6. The van der Waals surface area contributed by atoms with E-state index >= 15 is 0 Å². The summed E-state index contributed by atoms with van der Waals surface area (Å²) in [5.41, 5.74) is 0.206. The number of ether oxygens (including phenoxy) is 1. The Bertz CT molecular complexity index is 553. The molecule has 1 aromatic rings. The average molecular weight is 330 g/mol. The van der Waals surface area contributed by atoms with Crippen LogP contribution in [0.2, 0.25) is 0 Å². The van der Waals surface area contributed by atoms with Crippen LogP contribution in [-0.2, 0) is 0 Å². The highest BCUT2D eigenvalue weighted by Crippen LogP contribution is 2.27. The maximum atomic E-state index is 12.2. The molecule has 2 unspecified atom stereocenters. The number of nitrogens with one attached hydrogen (secondary N) is 2. The molecule has 22 heavy (non-hydrogen) atoms. The number of hydrogen-bond acceptors (Lipinski definition) is 5. The molecule has 122 valence electrons. The number of carbonyl (C=O) groups excluding carboxylic acids is 1. The highest BCUT2D eigenvalue weighted by Gasteiger charge is 2.24. The number of nitro benzene ring substituents is 1. The average Bonchev–Trinajstić information content (AvgIpc) is 2.48. The Morgan fingerprint density at radius 2 is 2.23 bits per heavy atom. The minimum absolute atomic E-state index is 0. The van der Waals surface area contributed by atoms with Crippen molar-refractivity contribution in [3.05, 3.63) is 33.9 Å². The lowest BCUT2D eigenvalue weighted by Gasteiger charge is -2.30. The monoisotopic (exact) mass is 329 g/mol. The molecule has 8 heteroatoms. The molecule has 0 spiro atoms. The molecule has 1 aliphatic heterocycles. The molecule has 0 saturated carbocycles. The minimum atomic E-state index is -0.534. The molecular formula is C14H20ClN3O4. The van der Waals surface area contributed by atoms with E-state index in [2.05, 4.69) is 17.6 Å². The Kier molecular flexibility index (Phi) is 6.58. The fourth-order valence-corrected chi connectivity index (χ4v) is 2.40. The molecule has 0 radical (unpaired) electrons. The first-order valence-electron chi connectivity index (χ1n) is 6.87. The summed E-state index contributed by atoms with van der Waals surface area (Å²) in [5.74, 6) is 0.237. The summed E-state index contributed by atoms with van der Waals surface area (Å²) < 4.78 is 4.97. The summed E-state index contributed by atoms with van der Waals surface area (Å²) in [7, 11) is 1.34. The number of nitrogens with zero attached hydrogens (tertiary/aromatic N) is 1. The minimum Gasteiger partial charge on any atom is -0.490 e. The van der Waals surface area contributed by atoms with Gasteiger partial charge in [-0.2, -0.15) is 0 Å². The molecule has 2 N–H and O–H groups in total. The first-order chi connectivity index (χ1) is 10.0. The second-order valence-electron chi connectivity index (χ2n) is 5.19. The number of amides is 1. The first-order valence-corrected chi connectivity index (χ1v) is 6.87. The lowest BCUT2D eigenvalue weighted by molar-refractivity contribution is -0.385. The molecule has 1 heterocycles. The van der Waals surface area contributed by atoms with Crippen LogP contribution in [0, 0.1) is 16.0 Å². The molecule has 2 rings (SSSR count).